The van der Waals surface area contributed by atoms with E-state index in [1.807, 2.05) is 48.5 Å². The largest absolute Gasteiger partial charge is 0.490 e. The maximum Gasteiger partial charge on any atom is 0.302 e. The smallest absolute Gasteiger partial charge is 0.302 e. The summed E-state index contributed by atoms with van der Waals surface area (Å²) in [6.45, 7) is 1.94. The van der Waals surface area contributed by atoms with E-state index in [4.69, 9.17) is 21.1 Å². The Bertz CT molecular complexity index is 964. The van der Waals surface area contributed by atoms with Crippen molar-refractivity contribution < 1.29 is 14.3 Å². The molecule has 0 aliphatic carbocycles. The van der Waals surface area contributed by atoms with E-state index >= 15 is 0 Å². The summed E-state index contributed by atoms with van der Waals surface area (Å²) in [7, 11) is 0. The molecule has 0 spiro atoms. The maximum atomic E-state index is 10.9. The second kappa shape index (κ2) is 11.2. The molecule has 0 saturated carbocycles. The zero-order valence-corrected chi connectivity index (χ0v) is 17.8. The van der Waals surface area contributed by atoms with Crippen LogP contribution in [0.5, 0.6) is 5.75 Å². The first-order chi connectivity index (χ1) is 14.7. The SMILES string of the molecule is CC(=O)OCCOc1ccc(/C(=C(/CCCl)c2ccccc2)c2ccccc2)cc1. The molecule has 3 rings (SSSR count). The van der Waals surface area contributed by atoms with E-state index in [9.17, 15) is 4.79 Å². The van der Waals surface area contributed by atoms with Crippen LogP contribution in [0.4, 0.5) is 0 Å². The van der Waals surface area contributed by atoms with Gasteiger partial charge in [0, 0.05) is 12.8 Å². The fourth-order valence-corrected chi connectivity index (χ4v) is 3.52. The lowest BCUT2D eigenvalue weighted by atomic mass is 9.88. The fourth-order valence-electron chi connectivity index (χ4n) is 3.33. The summed E-state index contributed by atoms with van der Waals surface area (Å²) in [6, 6.07) is 28.7. The number of benzene rings is 3. The number of allylic oxidation sites excluding steroid dienone is 1. The normalized spacial score (nSPS) is 11.5. The van der Waals surface area contributed by atoms with Crippen LogP contribution in [0, 0.1) is 0 Å². The lowest BCUT2D eigenvalue weighted by molar-refractivity contribution is -0.141. The van der Waals surface area contributed by atoms with Gasteiger partial charge in [0.2, 0.25) is 0 Å². The first-order valence-corrected chi connectivity index (χ1v) is 10.5. The predicted octanol–water partition coefficient (Wildman–Crippen LogP) is 6.22. The van der Waals surface area contributed by atoms with Gasteiger partial charge in [-0.1, -0.05) is 72.8 Å². The molecule has 0 aliphatic heterocycles. The number of hydrogen-bond acceptors (Lipinski definition) is 3. The molecule has 3 aromatic carbocycles. The van der Waals surface area contributed by atoms with Crippen LogP contribution in [0.15, 0.2) is 84.9 Å². The van der Waals surface area contributed by atoms with Gasteiger partial charge in [-0.3, -0.25) is 4.79 Å². The van der Waals surface area contributed by atoms with Crippen LogP contribution in [-0.2, 0) is 9.53 Å². The molecule has 0 unspecified atom stereocenters. The highest BCUT2D eigenvalue weighted by Gasteiger charge is 2.14. The summed E-state index contributed by atoms with van der Waals surface area (Å²) >= 11 is 6.19. The third kappa shape index (κ3) is 5.98. The first-order valence-electron chi connectivity index (χ1n) is 9.95. The van der Waals surface area contributed by atoms with Crippen molar-refractivity contribution in [3.8, 4) is 5.75 Å². The van der Waals surface area contributed by atoms with Crippen LogP contribution < -0.4 is 4.74 Å². The Labute approximate surface area is 182 Å². The zero-order chi connectivity index (χ0) is 21.2. The monoisotopic (exact) mass is 420 g/mol. The van der Waals surface area contributed by atoms with E-state index < -0.39 is 0 Å². The molecule has 0 radical (unpaired) electrons. The van der Waals surface area contributed by atoms with Crippen LogP contribution in [0.2, 0.25) is 0 Å². The van der Waals surface area contributed by atoms with E-state index in [1.165, 1.54) is 18.1 Å². The van der Waals surface area contributed by atoms with Crippen LogP contribution >= 0.6 is 11.6 Å². The van der Waals surface area contributed by atoms with Gasteiger partial charge in [0.1, 0.15) is 19.0 Å². The van der Waals surface area contributed by atoms with Crippen LogP contribution in [0.25, 0.3) is 11.1 Å². The number of carbonyl (C=O) groups excluding carboxylic acids is 1. The van der Waals surface area contributed by atoms with E-state index in [2.05, 4.69) is 36.4 Å². The van der Waals surface area contributed by atoms with Gasteiger partial charge in [0.15, 0.2) is 0 Å². The minimum Gasteiger partial charge on any atom is -0.490 e. The van der Waals surface area contributed by atoms with Gasteiger partial charge in [0.25, 0.3) is 0 Å². The molecular formula is C26H25ClO3. The number of rotatable bonds is 9. The Morgan fingerprint density at radius 2 is 1.33 bits per heavy atom. The minimum atomic E-state index is -0.306. The molecular weight excluding hydrogens is 396 g/mol. The average molecular weight is 421 g/mol. The molecule has 4 heteroatoms. The van der Waals surface area contributed by atoms with Gasteiger partial charge in [0.05, 0.1) is 0 Å². The number of hydrogen-bond donors (Lipinski definition) is 0. The summed E-state index contributed by atoms with van der Waals surface area (Å²) in [6.07, 6.45) is 0.760. The van der Waals surface area contributed by atoms with Gasteiger partial charge in [-0.25, -0.2) is 0 Å². The molecule has 0 aliphatic rings. The van der Waals surface area contributed by atoms with Crippen LogP contribution in [-0.4, -0.2) is 25.1 Å². The van der Waals surface area contributed by atoms with Gasteiger partial charge in [-0.2, -0.15) is 0 Å². The molecule has 0 fully saturated rings. The fraction of sp³-hybridized carbons (Fsp3) is 0.192. The van der Waals surface area contributed by atoms with E-state index in [1.54, 1.807) is 0 Å². The Hall–Kier alpha value is -3.04. The summed E-state index contributed by atoms with van der Waals surface area (Å²) < 4.78 is 10.6. The molecule has 3 nitrogen and oxygen atoms in total. The molecule has 0 N–H and O–H groups in total. The number of alkyl halides is 1. The third-order valence-corrected chi connectivity index (χ3v) is 4.82. The Morgan fingerprint density at radius 3 is 1.90 bits per heavy atom. The van der Waals surface area contributed by atoms with Gasteiger partial charge < -0.3 is 9.47 Å². The Morgan fingerprint density at radius 1 is 0.767 bits per heavy atom. The molecule has 0 bridgehead atoms. The molecule has 30 heavy (non-hydrogen) atoms. The topological polar surface area (TPSA) is 35.5 Å². The average Bonchev–Trinajstić information content (AvgIpc) is 2.78. The summed E-state index contributed by atoms with van der Waals surface area (Å²) in [5, 5.41) is 0. The zero-order valence-electron chi connectivity index (χ0n) is 17.0. The lowest BCUT2D eigenvalue weighted by Gasteiger charge is -2.17. The van der Waals surface area contributed by atoms with Crippen molar-refractivity contribution in [3.05, 3.63) is 102 Å². The first kappa shape index (κ1) is 21.7. The van der Waals surface area contributed by atoms with Gasteiger partial charge >= 0.3 is 5.97 Å². The standard InChI is InChI=1S/C26H25ClO3/c1-20(28)29-18-19-30-24-14-12-23(13-15-24)26(22-10-6-3-7-11-22)25(16-17-27)21-8-4-2-5-9-21/h2-15H,16-19H2,1H3/b26-25-. The van der Waals surface area contributed by atoms with Gasteiger partial charge in [-0.15, -0.1) is 11.6 Å². The molecule has 0 aromatic heterocycles. The third-order valence-electron chi connectivity index (χ3n) is 4.63. The minimum absolute atomic E-state index is 0.236. The van der Waals surface area contributed by atoms with Crippen LogP contribution in [0.1, 0.15) is 30.0 Å². The van der Waals surface area contributed by atoms with Gasteiger partial charge in [-0.05, 0) is 46.4 Å². The maximum absolute atomic E-state index is 10.9. The number of esters is 1. The van der Waals surface area contributed by atoms with Crippen LogP contribution in [0.3, 0.4) is 0 Å². The Kier molecular flexibility index (Phi) is 8.10. The van der Waals surface area contributed by atoms with Crippen molar-refractivity contribution in [3.63, 3.8) is 0 Å². The number of ether oxygens (including phenoxy) is 2. The van der Waals surface area contributed by atoms with E-state index in [0.717, 1.165) is 28.9 Å². The van der Waals surface area contributed by atoms with Crippen molar-refractivity contribution >= 4 is 28.7 Å². The number of halogens is 1. The van der Waals surface area contributed by atoms with E-state index in [-0.39, 0.29) is 12.6 Å². The summed E-state index contributed by atoms with van der Waals surface area (Å²) in [4.78, 5) is 10.9. The number of carbonyl (C=O) groups is 1. The van der Waals surface area contributed by atoms with E-state index in [0.29, 0.717) is 12.5 Å². The molecule has 0 atom stereocenters. The quantitative estimate of drug-likeness (QED) is 0.178. The highest BCUT2D eigenvalue weighted by molar-refractivity contribution is 6.18. The highest BCUT2D eigenvalue weighted by atomic mass is 35.5. The Balaban J connectivity index is 1.96. The summed E-state index contributed by atoms with van der Waals surface area (Å²) in [5.41, 5.74) is 5.77. The van der Waals surface area contributed by atoms with Crippen molar-refractivity contribution in [1.29, 1.82) is 0 Å². The van der Waals surface area contributed by atoms with Crippen molar-refractivity contribution in [2.75, 3.05) is 19.1 Å². The molecule has 0 amide bonds. The van der Waals surface area contributed by atoms with Crippen molar-refractivity contribution in [2.24, 2.45) is 0 Å². The molecule has 0 saturated heterocycles. The van der Waals surface area contributed by atoms with Crippen molar-refractivity contribution in [1.82, 2.24) is 0 Å². The second-order valence-electron chi connectivity index (χ2n) is 6.74. The second-order valence-corrected chi connectivity index (χ2v) is 7.12. The molecule has 0 heterocycles. The highest BCUT2D eigenvalue weighted by Crippen LogP contribution is 2.35. The summed E-state index contributed by atoms with van der Waals surface area (Å²) in [5.74, 6) is 0.967. The molecule has 3 aromatic rings. The lowest BCUT2D eigenvalue weighted by Crippen LogP contribution is -2.09. The predicted molar refractivity (Wildman–Crippen MR) is 123 cm³/mol. The molecule has 154 valence electrons. The van der Waals surface area contributed by atoms with Crippen molar-refractivity contribution in [2.45, 2.75) is 13.3 Å².